The van der Waals surface area contributed by atoms with Crippen LogP contribution in [0.4, 0.5) is 11.5 Å². The van der Waals surface area contributed by atoms with Crippen molar-refractivity contribution in [2.45, 2.75) is 51.2 Å². The third kappa shape index (κ3) is 6.46. The quantitative estimate of drug-likeness (QED) is 0.370. The zero-order valence-electron chi connectivity index (χ0n) is 25.1. The first kappa shape index (κ1) is 29.0. The summed E-state index contributed by atoms with van der Waals surface area (Å²) in [6.07, 6.45) is 5.78. The summed E-state index contributed by atoms with van der Waals surface area (Å²) in [5, 5.41) is 9.70. The first-order chi connectivity index (χ1) is 21.0. The van der Waals surface area contributed by atoms with E-state index in [4.69, 9.17) is 9.72 Å². The molecule has 9 nitrogen and oxygen atoms in total. The number of rotatable bonds is 8. The van der Waals surface area contributed by atoms with E-state index < -0.39 is 0 Å². The van der Waals surface area contributed by atoms with E-state index in [9.17, 15) is 9.59 Å². The highest BCUT2D eigenvalue weighted by molar-refractivity contribution is 5.96. The molecule has 2 aromatic carbocycles. The number of anilines is 2. The lowest BCUT2D eigenvalue weighted by molar-refractivity contribution is 0.0932. The van der Waals surface area contributed by atoms with Crippen LogP contribution in [0.1, 0.15) is 57.5 Å². The van der Waals surface area contributed by atoms with Gasteiger partial charge in [-0.25, -0.2) is 4.98 Å². The third-order valence-corrected chi connectivity index (χ3v) is 9.29. The molecular weight excluding hydrogens is 540 g/mol. The SMILES string of the molecule is COc1cccc(C(=O)NC2CC3CCCN(c4ccc(C(=O)NCc5ccc(N6CCNCC6)cc5)cn4)C3C2)c1C. The molecule has 2 saturated heterocycles. The number of benzene rings is 2. The number of aromatic nitrogens is 1. The zero-order chi connectivity index (χ0) is 29.8. The van der Waals surface area contributed by atoms with Crippen LogP contribution in [-0.2, 0) is 6.54 Å². The zero-order valence-corrected chi connectivity index (χ0v) is 25.1. The minimum Gasteiger partial charge on any atom is -0.496 e. The van der Waals surface area contributed by atoms with E-state index in [1.165, 1.54) is 5.69 Å². The second-order valence-electron chi connectivity index (χ2n) is 11.9. The van der Waals surface area contributed by atoms with Gasteiger partial charge in [-0.2, -0.15) is 0 Å². The number of hydrogen-bond acceptors (Lipinski definition) is 7. The summed E-state index contributed by atoms with van der Waals surface area (Å²) >= 11 is 0. The fourth-order valence-corrected chi connectivity index (χ4v) is 6.95. The van der Waals surface area contributed by atoms with Crippen LogP contribution in [0.2, 0.25) is 0 Å². The molecule has 0 spiro atoms. The highest BCUT2D eigenvalue weighted by Crippen LogP contribution is 2.39. The van der Waals surface area contributed by atoms with E-state index in [0.29, 0.717) is 29.6 Å². The topological polar surface area (TPSA) is 98.8 Å². The van der Waals surface area contributed by atoms with Crippen molar-refractivity contribution in [2.24, 2.45) is 5.92 Å². The van der Waals surface area contributed by atoms with Gasteiger partial charge < -0.3 is 30.5 Å². The summed E-state index contributed by atoms with van der Waals surface area (Å²) in [5.41, 5.74) is 4.37. The summed E-state index contributed by atoms with van der Waals surface area (Å²) < 4.78 is 5.40. The van der Waals surface area contributed by atoms with Gasteiger partial charge in [-0.1, -0.05) is 18.2 Å². The Morgan fingerprint density at radius 2 is 1.81 bits per heavy atom. The fraction of sp³-hybridized carbons (Fsp3) is 0.441. The number of piperazine rings is 1. The molecule has 6 rings (SSSR count). The van der Waals surface area contributed by atoms with Crippen LogP contribution in [0.15, 0.2) is 60.8 Å². The monoisotopic (exact) mass is 582 g/mol. The predicted molar refractivity (Wildman–Crippen MR) is 169 cm³/mol. The summed E-state index contributed by atoms with van der Waals surface area (Å²) in [5.74, 6) is 1.95. The molecule has 3 aliphatic rings. The molecular formula is C34H42N6O3. The highest BCUT2D eigenvalue weighted by atomic mass is 16.5. The van der Waals surface area contributed by atoms with Crippen LogP contribution in [0.5, 0.6) is 5.75 Å². The largest absolute Gasteiger partial charge is 0.496 e. The van der Waals surface area contributed by atoms with Gasteiger partial charge in [-0.15, -0.1) is 0 Å². The van der Waals surface area contributed by atoms with E-state index in [0.717, 1.165) is 81.1 Å². The molecule has 3 N–H and O–H groups in total. The maximum Gasteiger partial charge on any atom is 0.253 e. The van der Waals surface area contributed by atoms with Crippen LogP contribution >= 0.6 is 0 Å². The Labute approximate surface area is 254 Å². The molecule has 3 unspecified atom stereocenters. The van der Waals surface area contributed by atoms with Crippen molar-refractivity contribution >= 4 is 23.3 Å². The molecule has 1 aromatic heterocycles. The van der Waals surface area contributed by atoms with Crippen LogP contribution in [0.25, 0.3) is 0 Å². The van der Waals surface area contributed by atoms with Crippen LogP contribution in [0, 0.1) is 12.8 Å². The Balaban J connectivity index is 1.04. The first-order valence-electron chi connectivity index (χ1n) is 15.5. The number of hydrogen-bond donors (Lipinski definition) is 3. The number of nitrogens with one attached hydrogen (secondary N) is 3. The van der Waals surface area contributed by atoms with Crippen LogP contribution < -0.4 is 30.5 Å². The van der Waals surface area contributed by atoms with Gasteiger partial charge in [0.25, 0.3) is 11.8 Å². The number of ether oxygens (including phenoxy) is 1. The molecule has 0 radical (unpaired) electrons. The molecule has 3 aromatic rings. The number of piperidine rings is 1. The molecule has 2 aliphatic heterocycles. The lowest BCUT2D eigenvalue weighted by atomic mass is 9.92. The lowest BCUT2D eigenvalue weighted by Gasteiger charge is -2.38. The van der Waals surface area contributed by atoms with E-state index in [1.54, 1.807) is 13.3 Å². The van der Waals surface area contributed by atoms with Gasteiger partial charge in [0.2, 0.25) is 0 Å². The van der Waals surface area contributed by atoms with Gasteiger partial charge in [0.15, 0.2) is 0 Å². The second-order valence-corrected chi connectivity index (χ2v) is 11.9. The fourth-order valence-electron chi connectivity index (χ4n) is 6.95. The van der Waals surface area contributed by atoms with Gasteiger partial charge in [0.1, 0.15) is 11.6 Å². The van der Waals surface area contributed by atoms with E-state index in [2.05, 4.69) is 50.0 Å². The number of amides is 2. The summed E-state index contributed by atoms with van der Waals surface area (Å²) in [7, 11) is 1.63. The number of methoxy groups -OCH3 is 1. The van der Waals surface area contributed by atoms with Crippen molar-refractivity contribution in [1.82, 2.24) is 20.9 Å². The average Bonchev–Trinajstić information content (AvgIpc) is 3.47. The van der Waals surface area contributed by atoms with Crippen LogP contribution in [0.3, 0.4) is 0 Å². The Kier molecular flexibility index (Phi) is 8.79. The van der Waals surface area contributed by atoms with E-state index in [1.807, 2.05) is 37.3 Å². The highest BCUT2D eigenvalue weighted by Gasteiger charge is 2.41. The van der Waals surface area contributed by atoms with Gasteiger partial charge in [-0.3, -0.25) is 9.59 Å². The predicted octanol–water partition coefficient (Wildman–Crippen LogP) is 3.92. The minimum atomic E-state index is -0.127. The Hall–Kier alpha value is -4.11. The standard InChI is InChI=1S/C34H42N6O3/c1-23-29(6-3-7-31(23)43-2)34(42)38-27-19-25-5-4-16-40(30(25)20-27)32-13-10-26(22-36-32)33(41)37-21-24-8-11-28(12-9-24)39-17-14-35-15-18-39/h3,6-13,22,25,27,30,35H,4-5,14-21H2,1-2H3,(H,37,41)(H,38,42). The van der Waals surface area contributed by atoms with Crippen molar-refractivity contribution in [2.75, 3.05) is 49.6 Å². The van der Waals surface area contributed by atoms with Crippen molar-refractivity contribution < 1.29 is 14.3 Å². The number of carbonyl (C=O) groups excluding carboxylic acids is 2. The smallest absolute Gasteiger partial charge is 0.253 e. The lowest BCUT2D eigenvalue weighted by Crippen LogP contribution is -2.43. The van der Waals surface area contributed by atoms with Crippen molar-refractivity contribution in [3.05, 3.63) is 83.0 Å². The molecule has 1 saturated carbocycles. The average molecular weight is 583 g/mol. The van der Waals surface area contributed by atoms with E-state index in [-0.39, 0.29) is 17.9 Å². The Morgan fingerprint density at radius 3 is 2.56 bits per heavy atom. The van der Waals surface area contributed by atoms with Gasteiger partial charge in [-0.05, 0) is 80.5 Å². The van der Waals surface area contributed by atoms with Crippen molar-refractivity contribution in [3.8, 4) is 5.75 Å². The van der Waals surface area contributed by atoms with Crippen molar-refractivity contribution in [1.29, 1.82) is 0 Å². The minimum absolute atomic E-state index is 0.0458. The van der Waals surface area contributed by atoms with Gasteiger partial charge in [0.05, 0.1) is 12.7 Å². The normalized spacial score (nSPS) is 21.7. The van der Waals surface area contributed by atoms with Gasteiger partial charge in [0, 0.05) is 74.4 Å². The third-order valence-electron chi connectivity index (χ3n) is 9.29. The number of pyridine rings is 1. The van der Waals surface area contributed by atoms with Crippen LogP contribution in [-0.4, -0.2) is 68.7 Å². The molecule has 1 aliphatic carbocycles. The van der Waals surface area contributed by atoms with Gasteiger partial charge >= 0.3 is 0 Å². The van der Waals surface area contributed by atoms with Crippen molar-refractivity contribution in [3.63, 3.8) is 0 Å². The molecule has 0 bridgehead atoms. The number of fused-ring (bicyclic) bond motifs is 1. The van der Waals surface area contributed by atoms with E-state index >= 15 is 0 Å². The molecule has 9 heteroatoms. The summed E-state index contributed by atoms with van der Waals surface area (Å²) in [6.45, 7) is 7.36. The summed E-state index contributed by atoms with van der Waals surface area (Å²) in [6, 6.07) is 18.3. The Morgan fingerprint density at radius 1 is 1.00 bits per heavy atom. The summed E-state index contributed by atoms with van der Waals surface area (Å²) in [4.78, 5) is 35.5. The Bertz CT molecular complexity index is 1420. The molecule has 2 amide bonds. The molecule has 3 fully saturated rings. The molecule has 226 valence electrons. The molecule has 3 atom stereocenters. The maximum absolute atomic E-state index is 13.1. The first-order valence-corrected chi connectivity index (χ1v) is 15.5. The second kappa shape index (κ2) is 13.0. The number of carbonyl (C=O) groups is 2. The molecule has 3 heterocycles. The number of nitrogens with zero attached hydrogens (tertiary/aromatic N) is 3. The molecule has 43 heavy (non-hydrogen) atoms. The maximum atomic E-state index is 13.1.